The number of thioether (sulfide) groups is 1. The molecular weight excluding hydrogens is 646 g/mol. The fourth-order valence-electron chi connectivity index (χ4n) is 5.62. The summed E-state index contributed by atoms with van der Waals surface area (Å²) in [5.41, 5.74) is 6.12. The van der Waals surface area contributed by atoms with Crippen LogP contribution in [0.1, 0.15) is 42.7 Å². The van der Waals surface area contributed by atoms with Crippen molar-refractivity contribution < 1.29 is 43.7 Å². The van der Waals surface area contributed by atoms with Crippen molar-refractivity contribution in [1.29, 1.82) is 0 Å². The second-order valence-corrected chi connectivity index (χ2v) is 13.3. The number of H-pyrrole nitrogens is 1. The lowest BCUT2D eigenvalue weighted by Gasteiger charge is -2.47. The van der Waals surface area contributed by atoms with E-state index in [0.29, 0.717) is 10.5 Å². The van der Waals surface area contributed by atoms with Crippen LogP contribution in [0.2, 0.25) is 0 Å². The van der Waals surface area contributed by atoms with Gasteiger partial charge in [0.2, 0.25) is 0 Å². The summed E-state index contributed by atoms with van der Waals surface area (Å²) in [6.45, 7) is 4.87. The minimum atomic E-state index is -1.48. The molecule has 16 heteroatoms. The number of nitrogens with zero attached hydrogens (tertiary/aromatic N) is 2. The first-order valence-corrected chi connectivity index (χ1v) is 15.5. The highest BCUT2D eigenvalue weighted by Gasteiger charge is 2.66. The average molecular weight is 678 g/mol. The van der Waals surface area contributed by atoms with Crippen molar-refractivity contribution in [3.05, 3.63) is 82.1 Å². The van der Waals surface area contributed by atoms with Crippen molar-refractivity contribution in [1.82, 2.24) is 14.8 Å². The van der Waals surface area contributed by atoms with Crippen LogP contribution in [0.15, 0.2) is 65.5 Å². The van der Waals surface area contributed by atoms with Crippen LogP contribution >= 0.6 is 11.8 Å². The summed E-state index contributed by atoms with van der Waals surface area (Å²) in [4.78, 5) is 94.7. The van der Waals surface area contributed by atoms with E-state index in [2.05, 4.69) is 15.0 Å². The number of phenols is 1. The molecule has 2 aliphatic rings. The first kappa shape index (κ1) is 33.9. The van der Waals surface area contributed by atoms with Crippen LogP contribution in [0.25, 0.3) is 11.3 Å². The number of anilines is 1. The number of carboxylic acid groups (broad SMARTS) is 1. The third-order valence-electron chi connectivity index (χ3n) is 7.95. The summed E-state index contributed by atoms with van der Waals surface area (Å²) in [5.74, 6) is -6.25. The van der Waals surface area contributed by atoms with Gasteiger partial charge in [0.15, 0.2) is 0 Å². The predicted octanol–water partition coefficient (Wildman–Crippen LogP) is 1.43. The number of hydrogen-bond donors (Lipinski definition) is 5. The number of aromatic nitrogens is 1. The molecule has 1 unspecified atom stereocenters. The molecule has 2 saturated heterocycles. The Balaban J connectivity index is 1.45. The van der Waals surface area contributed by atoms with E-state index in [9.17, 15) is 43.8 Å². The van der Waals surface area contributed by atoms with Gasteiger partial charge < -0.3 is 35.9 Å². The number of carbonyl (C=O) groups is 6. The first-order valence-electron chi connectivity index (χ1n) is 14.6. The van der Waals surface area contributed by atoms with E-state index < -0.39 is 74.9 Å². The number of ether oxygens (including phenoxy) is 1. The SMILES string of the molecule is CCOC(=O)C(=O)Nc1ccc(-c2ccc(C(=O)N(C(=O)C(N)c3ccc(O)cc3)[C@@H]3C(=O)N4[C@@H]3SC(C)(C)[C@@H]4C(=O)O)c(=O)[nH]2)cc1. The second-order valence-electron chi connectivity index (χ2n) is 11.5. The molecule has 2 aliphatic heterocycles. The van der Waals surface area contributed by atoms with E-state index in [0.717, 1.165) is 16.7 Å². The molecule has 1 aromatic heterocycles. The van der Waals surface area contributed by atoms with Crippen LogP contribution in [0.4, 0.5) is 5.69 Å². The lowest BCUT2D eigenvalue weighted by atomic mass is 9.94. The Hall–Kier alpha value is -5.48. The Morgan fingerprint density at radius 1 is 1.04 bits per heavy atom. The maximum atomic E-state index is 14.1. The summed E-state index contributed by atoms with van der Waals surface area (Å²) >= 11 is 1.11. The summed E-state index contributed by atoms with van der Waals surface area (Å²) in [5, 5.41) is 21.0. The van der Waals surface area contributed by atoms with Crippen LogP contribution in [0.3, 0.4) is 0 Å². The maximum absolute atomic E-state index is 14.1. The van der Waals surface area contributed by atoms with Crippen molar-refractivity contribution in [2.45, 2.75) is 49.0 Å². The van der Waals surface area contributed by atoms with Crippen molar-refractivity contribution in [3.8, 4) is 17.0 Å². The number of imide groups is 1. The molecule has 0 radical (unpaired) electrons. The van der Waals surface area contributed by atoms with Gasteiger partial charge in [0.25, 0.3) is 23.3 Å². The van der Waals surface area contributed by atoms with E-state index in [4.69, 9.17) is 5.73 Å². The van der Waals surface area contributed by atoms with Crippen LogP contribution in [0, 0.1) is 0 Å². The zero-order chi connectivity index (χ0) is 35.1. The number of aromatic amines is 1. The van der Waals surface area contributed by atoms with E-state index in [1.54, 1.807) is 32.9 Å². The predicted molar refractivity (Wildman–Crippen MR) is 171 cm³/mol. The lowest BCUT2D eigenvalue weighted by molar-refractivity contribution is -0.166. The number of β-lactam (4-membered cyclic amide) rings is 1. The average Bonchev–Trinajstić information content (AvgIpc) is 3.30. The van der Waals surface area contributed by atoms with Crippen molar-refractivity contribution in [2.75, 3.05) is 11.9 Å². The topological polar surface area (TPSA) is 229 Å². The van der Waals surface area contributed by atoms with E-state index in [-0.39, 0.29) is 29.3 Å². The third kappa shape index (κ3) is 6.14. The van der Waals surface area contributed by atoms with Crippen LogP contribution < -0.4 is 16.6 Å². The summed E-state index contributed by atoms with van der Waals surface area (Å²) in [6.07, 6.45) is 0. The quantitative estimate of drug-likeness (QED) is 0.130. The second kappa shape index (κ2) is 13.0. The van der Waals surface area contributed by atoms with E-state index >= 15 is 0 Å². The number of pyridine rings is 1. The smallest absolute Gasteiger partial charge is 0.397 e. The summed E-state index contributed by atoms with van der Waals surface area (Å²) in [7, 11) is 0. The Morgan fingerprint density at radius 2 is 1.69 bits per heavy atom. The fraction of sp³-hybridized carbons (Fsp3) is 0.281. The Kier molecular flexibility index (Phi) is 9.15. The number of aromatic hydroxyl groups is 1. The van der Waals surface area contributed by atoms with Gasteiger partial charge in [-0.05, 0) is 68.3 Å². The molecule has 250 valence electrons. The molecule has 0 aliphatic carbocycles. The van der Waals surface area contributed by atoms with Crippen LogP contribution in [0.5, 0.6) is 5.75 Å². The molecule has 48 heavy (non-hydrogen) atoms. The number of carboxylic acids is 1. The van der Waals surface area contributed by atoms with Gasteiger partial charge in [-0.25, -0.2) is 9.59 Å². The van der Waals surface area contributed by atoms with E-state index in [1.807, 2.05) is 0 Å². The monoisotopic (exact) mass is 677 g/mol. The number of carbonyl (C=O) groups excluding carboxylic acids is 5. The minimum Gasteiger partial charge on any atom is -0.508 e. The molecule has 4 amide bonds. The zero-order valence-electron chi connectivity index (χ0n) is 25.8. The number of amides is 4. The molecular formula is C32H31N5O10S. The number of nitrogens with one attached hydrogen (secondary N) is 2. The molecule has 3 aromatic rings. The first-order chi connectivity index (χ1) is 22.7. The highest BCUT2D eigenvalue weighted by Crippen LogP contribution is 2.52. The van der Waals surface area contributed by atoms with Gasteiger partial charge in [0.1, 0.15) is 34.8 Å². The normalized spacial score (nSPS) is 19.8. The molecule has 2 fully saturated rings. The molecule has 5 rings (SSSR count). The van der Waals surface area contributed by atoms with Gasteiger partial charge in [-0.3, -0.25) is 28.9 Å². The van der Waals surface area contributed by atoms with Crippen LogP contribution in [-0.2, 0) is 28.7 Å². The molecule has 2 aromatic carbocycles. The highest BCUT2D eigenvalue weighted by molar-refractivity contribution is 8.01. The van der Waals surface area contributed by atoms with Crippen molar-refractivity contribution in [2.24, 2.45) is 5.73 Å². The van der Waals surface area contributed by atoms with Crippen molar-refractivity contribution >= 4 is 53.0 Å². The summed E-state index contributed by atoms with van der Waals surface area (Å²) < 4.78 is 3.69. The lowest BCUT2D eigenvalue weighted by Crippen LogP contribution is -2.72. The van der Waals surface area contributed by atoms with Crippen LogP contribution in [-0.4, -0.2) is 89.4 Å². The Morgan fingerprint density at radius 3 is 2.27 bits per heavy atom. The van der Waals surface area contributed by atoms with E-state index in [1.165, 1.54) is 48.5 Å². The van der Waals surface area contributed by atoms with Gasteiger partial charge in [0.05, 0.1) is 6.61 Å². The van der Waals surface area contributed by atoms with Gasteiger partial charge in [-0.1, -0.05) is 24.3 Å². The maximum Gasteiger partial charge on any atom is 0.397 e. The van der Waals surface area contributed by atoms with Gasteiger partial charge in [-0.2, -0.15) is 0 Å². The number of esters is 1. The number of hydrogen-bond acceptors (Lipinski definition) is 11. The largest absolute Gasteiger partial charge is 0.508 e. The van der Waals surface area contributed by atoms with Gasteiger partial charge >= 0.3 is 17.8 Å². The number of fused-ring (bicyclic) bond motifs is 1. The number of phenolic OH excluding ortho intramolecular Hbond substituents is 1. The minimum absolute atomic E-state index is 0.0342. The molecule has 4 atom stereocenters. The molecule has 15 nitrogen and oxygen atoms in total. The molecule has 0 saturated carbocycles. The van der Waals surface area contributed by atoms with Crippen molar-refractivity contribution in [3.63, 3.8) is 0 Å². The fourth-order valence-corrected chi connectivity index (χ4v) is 7.29. The van der Waals surface area contributed by atoms with Gasteiger partial charge in [0, 0.05) is 16.1 Å². The molecule has 0 bridgehead atoms. The number of aliphatic carboxylic acids is 1. The Bertz CT molecular complexity index is 1870. The Labute approximate surface area is 277 Å². The highest BCUT2D eigenvalue weighted by atomic mass is 32.2. The number of benzene rings is 2. The zero-order valence-corrected chi connectivity index (χ0v) is 26.6. The molecule has 0 spiro atoms. The molecule has 6 N–H and O–H groups in total. The standard InChI is InChI=1S/C32H31N5O10S/c1-4-47-31(46)25(40)34-17-9-5-15(6-10-17)20-14-13-19(24(39)35-20)26(41)36(27(42)21(33)16-7-11-18(38)12-8-16)22-28(43)37-23(30(44)45)32(2,3)48-29(22)37/h5-14,21-23,29,38H,4,33H2,1-3H3,(H,34,40)(H,35,39)(H,44,45)/t21?,22-,23+,29-/m1/s1. The number of rotatable bonds is 8. The number of nitrogens with two attached hydrogens (primary N) is 1. The third-order valence-corrected chi connectivity index (χ3v) is 9.51. The van der Waals surface area contributed by atoms with Gasteiger partial charge in [-0.15, -0.1) is 11.8 Å². The summed E-state index contributed by atoms with van der Waals surface area (Å²) in [6, 6.07) is 9.83. The molecule has 3 heterocycles.